The summed E-state index contributed by atoms with van der Waals surface area (Å²) in [5.74, 6) is -1.49. The fourth-order valence-corrected chi connectivity index (χ4v) is 2.77. The molecule has 0 fully saturated rings. The van der Waals surface area contributed by atoms with Crippen molar-refractivity contribution in [1.29, 1.82) is 0 Å². The molecule has 4 unspecified atom stereocenters. The fourth-order valence-electron chi connectivity index (χ4n) is 2.77. The van der Waals surface area contributed by atoms with Gasteiger partial charge >= 0.3 is 0 Å². The van der Waals surface area contributed by atoms with Crippen molar-refractivity contribution < 1.29 is 50.4 Å². The third-order valence-electron chi connectivity index (χ3n) is 4.37. The first kappa shape index (κ1) is 27.8. The van der Waals surface area contributed by atoms with E-state index < -0.39 is 62.7 Å². The lowest BCUT2D eigenvalue weighted by atomic mass is 10.1. The van der Waals surface area contributed by atoms with E-state index in [1.54, 1.807) is 0 Å². The molecule has 0 aliphatic carbocycles. The number of pyridine rings is 1. The Bertz CT molecular complexity index is 643. The van der Waals surface area contributed by atoms with E-state index in [0.717, 1.165) is 22.2 Å². The zero-order valence-corrected chi connectivity index (χ0v) is 17.4. The van der Waals surface area contributed by atoms with Crippen LogP contribution in [0.5, 0.6) is 0 Å². The van der Waals surface area contributed by atoms with Crippen LogP contribution in [0.25, 0.3) is 0 Å². The minimum absolute atomic E-state index is 0.100. The normalized spacial score (nSPS) is 15.0. The van der Waals surface area contributed by atoms with Gasteiger partial charge in [0.25, 0.3) is 11.8 Å². The van der Waals surface area contributed by atoms with Gasteiger partial charge in [-0.25, -0.2) is 0 Å². The van der Waals surface area contributed by atoms with Crippen molar-refractivity contribution in [3.8, 4) is 0 Å². The maximum Gasteiger partial charge on any atom is 0.255 e. The Balaban J connectivity index is 3.16. The molecule has 13 heteroatoms. The number of nitrogens with zero attached hydrogens (tertiary/aromatic N) is 3. The van der Waals surface area contributed by atoms with Crippen molar-refractivity contribution in [2.24, 2.45) is 0 Å². The fraction of sp³-hybridized carbons (Fsp3) is 0.632. The van der Waals surface area contributed by atoms with Crippen LogP contribution in [0.2, 0.25) is 0 Å². The van der Waals surface area contributed by atoms with Crippen molar-refractivity contribution >= 4 is 11.8 Å². The maximum atomic E-state index is 12.9. The van der Waals surface area contributed by atoms with Crippen LogP contribution in [0.15, 0.2) is 18.5 Å². The SMILES string of the molecule is O=C(c1cncc(C(=O)N(CC(O)CO)CC(O)CO)c1)N(CC(O)CO)CC(O)CO. The molecular weight excluding hydrogens is 430 g/mol. The summed E-state index contributed by atoms with van der Waals surface area (Å²) in [6, 6.07) is 1.17. The van der Waals surface area contributed by atoms with E-state index in [-0.39, 0.29) is 37.3 Å². The van der Waals surface area contributed by atoms with E-state index >= 15 is 0 Å². The summed E-state index contributed by atoms with van der Waals surface area (Å²) in [7, 11) is 0. The third kappa shape index (κ3) is 8.72. The number of carbonyl (C=O) groups excluding carboxylic acids is 2. The van der Waals surface area contributed by atoms with Crippen LogP contribution < -0.4 is 0 Å². The van der Waals surface area contributed by atoms with Crippen LogP contribution in [0.4, 0.5) is 0 Å². The molecule has 0 saturated carbocycles. The average molecular weight is 461 g/mol. The van der Waals surface area contributed by atoms with Crippen LogP contribution in [0, 0.1) is 0 Å². The molecule has 1 rings (SSSR count). The van der Waals surface area contributed by atoms with Crippen LogP contribution in [-0.2, 0) is 0 Å². The largest absolute Gasteiger partial charge is 0.394 e. The average Bonchev–Trinajstić information content (AvgIpc) is 2.81. The monoisotopic (exact) mass is 461 g/mol. The lowest BCUT2D eigenvalue weighted by molar-refractivity contribution is 0.0205. The zero-order valence-electron chi connectivity index (χ0n) is 17.4. The molecule has 0 saturated heterocycles. The highest BCUT2D eigenvalue weighted by atomic mass is 16.3. The van der Waals surface area contributed by atoms with Gasteiger partial charge < -0.3 is 50.7 Å². The van der Waals surface area contributed by atoms with Crippen molar-refractivity contribution in [2.45, 2.75) is 24.4 Å². The minimum Gasteiger partial charge on any atom is -0.394 e. The smallest absolute Gasteiger partial charge is 0.255 e. The van der Waals surface area contributed by atoms with Gasteiger partial charge in [-0.3, -0.25) is 14.6 Å². The number of carbonyl (C=O) groups is 2. The summed E-state index contributed by atoms with van der Waals surface area (Å²) < 4.78 is 0. The van der Waals surface area contributed by atoms with Crippen LogP contribution in [0.1, 0.15) is 20.7 Å². The van der Waals surface area contributed by atoms with Gasteiger partial charge in [0.2, 0.25) is 0 Å². The van der Waals surface area contributed by atoms with Gasteiger partial charge in [0.05, 0.1) is 62.0 Å². The Morgan fingerprint density at radius 2 is 0.938 bits per heavy atom. The zero-order chi connectivity index (χ0) is 24.3. The number of amides is 2. The molecule has 32 heavy (non-hydrogen) atoms. The molecule has 182 valence electrons. The predicted molar refractivity (Wildman–Crippen MR) is 108 cm³/mol. The third-order valence-corrected chi connectivity index (χ3v) is 4.37. The summed E-state index contributed by atoms with van der Waals surface area (Å²) in [6.45, 7) is -4.03. The molecule has 4 atom stereocenters. The summed E-state index contributed by atoms with van der Waals surface area (Å²) >= 11 is 0. The molecule has 0 aliphatic rings. The molecule has 0 spiro atoms. The molecule has 1 heterocycles. The first-order valence-electron chi connectivity index (χ1n) is 9.86. The second kappa shape index (κ2) is 14.0. The van der Waals surface area contributed by atoms with Crippen LogP contribution in [-0.4, -0.2) is 144 Å². The molecule has 1 aromatic heterocycles. The molecular formula is C19H31N3O10. The number of rotatable bonds is 14. The topological polar surface area (TPSA) is 215 Å². The van der Waals surface area contributed by atoms with Crippen LogP contribution in [0.3, 0.4) is 0 Å². The van der Waals surface area contributed by atoms with Gasteiger partial charge in [-0.1, -0.05) is 0 Å². The van der Waals surface area contributed by atoms with Gasteiger partial charge in [0.1, 0.15) is 0 Å². The van der Waals surface area contributed by atoms with Crippen molar-refractivity contribution in [2.75, 3.05) is 52.6 Å². The first-order chi connectivity index (χ1) is 15.2. The van der Waals surface area contributed by atoms with Gasteiger partial charge in [-0.05, 0) is 6.07 Å². The quantitative estimate of drug-likeness (QED) is 0.132. The van der Waals surface area contributed by atoms with Gasteiger partial charge in [-0.2, -0.15) is 0 Å². The van der Waals surface area contributed by atoms with E-state index in [9.17, 15) is 30.0 Å². The summed E-state index contributed by atoms with van der Waals surface area (Å²) in [6.07, 6.45) is -2.96. The van der Waals surface area contributed by atoms with Crippen molar-refractivity contribution in [3.63, 3.8) is 0 Å². The van der Waals surface area contributed by atoms with E-state index in [0.29, 0.717) is 0 Å². The number of hydrogen-bond donors (Lipinski definition) is 8. The Labute approximate surface area is 184 Å². The Kier molecular flexibility index (Phi) is 12.2. The van der Waals surface area contributed by atoms with E-state index in [1.165, 1.54) is 6.07 Å². The number of hydrogen-bond acceptors (Lipinski definition) is 11. The molecule has 1 aromatic rings. The molecule has 0 aliphatic heterocycles. The second-order valence-electron chi connectivity index (χ2n) is 7.23. The van der Waals surface area contributed by atoms with E-state index in [2.05, 4.69) is 4.98 Å². The predicted octanol–water partition coefficient (Wildman–Crippen LogP) is -4.62. The molecule has 8 N–H and O–H groups in total. The van der Waals surface area contributed by atoms with Crippen LogP contribution >= 0.6 is 0 Å². The lowest BCUT2D eigenvalue weighted by Crippen LogP contribution is -2.44. The highest BCUT2D eigenvalue weighted by Gasteiger charge is 2.25. The summed E-state index contributed by atoms with van der Waals surface area (Å²) in [4.78, 5) is 31.6. The summed E-state index contributed by atoms with van der Waals surface area (Å²) in [5, 5.41) is 75.0. The van der Waals surface area contributed by atoms with Crippen molar-refractivity contribution in [1.82, 2.24) is 14.8 Å². The van der Waals surface area contributed by atoms with Gasteiger partial charge in [0, 0.05) is 38.6 Å². The van der Waals surface area contributed by atoms with E-state index in [1.807, 2.05) is 0 Å². The van der Waals surface area contributed by atoms with Gasteiger partial charge in [0.15, 0.2) is 0 Å². The maximum absolute atomic E-state index is 12.9. The molecule has 2 amide bonds. The first-order valence-corrected chi connectivity index (χ1v) is 9.86. The molecule has 0 radical (unpaired) electrons. The lowest BCUT2D eigenvalue weighted by Gasteiger charge is -2.27. The Hall–Kier alpha value is -2.23. The number of aromatic nitrogens is 1. The van der Waals surface area contributed by atoms with E-state index in [4.69, 9.17) is 20.4 Å². The highest BCUT2D eigenvalue weighted by Crippen LogP contribution is 2.12. The second-order valence-corrected chi connectivity index (χ2v) is 7.23. The Morgan fingerprint density at radius 3 is 1.19 bits per heavy atom. The highest BCUT2D eigenvalue weighted by molar-refractivity contribution is 5.99. The minimum atomic E-state index is -1.31. The Morgan fingerprint density at radius 1 is 0.656 bits per heavy atom. The molecule has 0 bridgehead atoms. The molecule has 13 nitrogen and oxygen atoms in total. The van der Waals surface area contributed by atoms with Crippen molar-refractivity contribution in [3.05, 3.63) is 29.6 Å². The number of aliphatic hydroxyl groups excluding tert-OH is 8. The van der Waals surface area contributed by atoms with Gasteiger partial charge in [-0.15, -0.1) is 0 Å². The molecule has 0 aromatic carbocycles. The number of aliphatic hydroxyl groups is 8. The summed E-state index contributed by atoms with van der Waals surface area (Å²) in [5.41, 5.74) is -0.201. The standard InChI is InChI=1S/C19H31N3O10/c23-8-14(27)4-21(5-15(28)9-24)18(31)12-1-13(3-20-2-12)19(32)22(6-16(29)10-25)7-17(30)11-26/h1-3,14-17,23-30H,4-11H2.